The second kappa shape index (κ2) is 8.02. The van der Waals surface area contributed by atoms with Gasteiger partial charge >= 0.3 is 0 Å². The fourth-order valence-electron chi connectivity index (χ4n) is 3.85. The van der Waals surface area contributed by atoms with E-state index in [0.29, 0.717) is 11.3 Å². The Bertz CT molecular complexity index is 989. The van der Waals surface area contributed by atoms with Crippen LogP contribution in [0.15, 0.2) is 42.5 Å². The summed E-state index contributed by atoms with van der Waals surface area (Å²) in [6.45, 7) is 3.45. The predicted molar refractivity (Wildman–Crippen MR) is 111 cm³/mol. The summed E-state index contributed by atoms with van der Waals surface area (Å²) in [6.07, 6.45) is 3.55. The van der Waals surface area contributed by atoms with Gasteiger partial charge in [-0.05, 0) is 56.3 Å². The van der Waals surface area contributed by atoms with Crippen LogP contribution in [0.2, 0.25) is 0 Å². The molecular formula is C22H26N4O2. The highest BCUT2D eigenvalue weighted by Gasteiger charge is 2.15. The van der Waals surface area contributed by atoms with Crippen LogP contribution in [0.4, 0.5) is 5.69 Å². The highest BCUT2D eigenvalue weighted by molar-refractivity contribution is 6.06. The number of imidazole rings is 1. The molecule has 1 aromatic heterocycles. The number of anilines is 1. The lowest BCUT2D eigenvalue weighted by Gasteiger charge is -2.13. The SMILES string of the molecule is COc1ccccc1C(=O)Nc1ccc2c(c1)nc(CCN1CCCC1)n2C. The maximum Gasteiger partial charge on any atom is 0.259 e. The van der Waals surface area contributed by atoms with Crippen LogP contribution in [0.25, 0.3) is 11.0 Å². The number of para-hydroxylation sites is 1. The van der Waals surface area contributed by atoms with Crippen molar-refractivity contribution in [2.24, 2.45) is 7.05 Å². The number of nitrogens with zero attached hydrogens (tertiary/aromatic N) is 3. The fraction of sp³-hybridized carbons (Fsp3) is 0.364. The zero-order chi connectivity index (χ0) is 19.5. The van der Waals surface area contributed by atoms with Crippen LogP contribution in [-0.4, -0.2) is 47.1 Å². The van der Waals surface area contributed by atoms with Crippen molar-refractivity contribution in [2.45, 2.75) is 19.3 Å². The molecule has 6 heteroatoms. The quantitative estimate of drug-likeness (QED) is 0.714. The van der Waals surface area contributed by atoms with Gasteiger partial charge in [-0.15, -0.1) is 0 Å². The molecule has 1 amide bonds. The smallest absolute Gasteiger partial charge is 0.259 e. The number of carbonyl (C=O) groups is 1. The Kier molecular flexibility index (Phi) is 5.30. The van der Waals surface area contributed by atoms with E-state index in [2.05, 4.69) is 21.8 Å². The molecule has 1 N–H and O–H groups in total. The number of carbonyl (C=O) groups excluding carboxylic acids is 1. The third kappa shape index (κ3) is 3.73. The Morgan fingerprint density at radius 3 is 2.75 bits per heavy atom. The molecule has 146 valence electrons. The Labute approximate surface area is 165 Å². The molecule has 1 aliphatic heterocycles. The number of benzene rings is 2. The molecule has 0 atom stereocenters. The van der Waals surface area contributed by atoms with E-state index < -0.39 is 0 Å². The lowest BCUT2D eigenvalue weighted by Crippen LogP contribution is -2.22. The summed E-state index contributed by atoms with van der Waals surface area (Å²) in [5.74, 6) is 1.44. The summed E-state index contributed by atoms with van der Waals surface area (Å²) in [7, 11) is 3.62. The van der Waals surface area contributed by atoms with Crippen LogP contribution >= 0.6 is 0 Å². The third-order valence-corrected chi connectivity index (χ3v) is 5.43. The number of ether oxygens (including phenoxy) is 1. The summed E-state index contributed by atoms with van der Waals surface area (Å²) in [4.78, 5) is 19.9. The lowest BCUT2D eigenvalue weighted by atomic mass is 10.2. The Morgan fingerprint density at radius 2 is 1.96 bits per heavy atom. The van der Waals surface area contributed by atoms with Crippen LogP contribution < -0.4 is 10.1 Å². The minimum atomic E-state index is -0.193. The summed E-state index contributed by atoms with van der Waals surface area (Å²) in [5, 5.41) is 2.95. The van der Waals surface area contributed by atoms with Gasteiger partial charge in [-0.3, -0.25) is 4.79 Å². The molecular weight excluding hydrogens is 352 g/mol. The summed E-state index contributed by atoms with van der Waals surface area (Å²) in [6, 6.07) is 13.1. The van der Waals surface area contributed by atoms with Gasteiger partial charge in [0, 0.05) is 25.7 Å². The first-order valence-corrected chi connectivity index (χ1v) is 9.78. The second-order valence-electron chi connectivity index (χ2n) is 7.24. The normalized spacial score (nSPS) is 14.5. The molecule has 4 rings (SSSR count). The molecule has 2 aromatic carbocycles. The first-order chi connectivity index (χ1) is 13.7. The van der Waals surface area contributed by atoms with Crippen LogP contribution in [0.3, 0.4) is 0 Å². The molecule has 1 fully saturated rings. The first kappa shape index (κ1) is 18.5. The van der Waals surface area contributed by atoms with Gasteiger partial charge in [-0.2, -0.15) is 0 Å². The molecule has 6 nitrogen and oxygen atoms in total. The zero-order valence-electron chi connectivity index (χ0n) is 16.4. The minimum absolute atomic E-state index is 0.193. The molecule has 0 radical (unpaired) electrons. The number of nitrogens with one attached hydrogen (secondary N) is 1. The van der Waals surface area contributed by atoms with Gasteiger partial charge < -0.3 is 19.5 Å². The highest BCUT2D eigenvalue weighted by Crippen LogP contribution is 2.23. The number of aromatic nitrogens is 2. The number of fused-ring (bicyclic) bond motifs is 1. The molecule has 0 spiro atoms. The Hall–Kier alpha value is -2.86. The molecule has 0 saturated carbocycles. The van der Waals surface area contributed by atoms with Crippen molar-refractivity contribution in [3.8, 4) is 5.75 Å². The van der Waals surface area contributed by atoms with Crippen LogP contribution in [0.1, 0.15) is 29.0 Å². The number of hydrogen-bond donors (Lipinski definition) is 1. The van der Waals surface area contributed by atoms with Gasteiger partial charge in [0.05, 0.1) is 23.7 Å². The maximum atomic E-state index is 12.6. The van der Waals surface area contributed by atoms with Gasteiger partial charge in [0.15, 0.2) is 0 Å². The number of amides is 1. The molecule has 3 aromatic rings. The predicted octanol–water partition coefficient (Wildman–Crippen LogP) is 3.47. The maximum absolute atomic E-state index is 12.6. The molecule has 28 heavy (non-hydrogen) atoms. The standard InChI is InChI=1S/C22H26N4O2/c1-25-19-10-9-16(23-22(27)17-7-3-4-8-20(17)28-2)15-18(19)24-21(25)11-14-26-12-5-6-13-26/h3-4,7-10,15H,5-6,11-14H2,1-2H3,(H,23,27). The van der Waals surface area contributed by atoms with Crippen LogP contribution in [0.5, 0.6) is 5.75 Å². The number of methoxy groups -OCH3 is 1. The van der Waals surface area contributed by atoms with E-state index in [1.165, 1.54) is 25.9 Å². The van der Waals surface area contributed by atoms with Gasteiger partial charge in [0.1, 0.15) is 11.6 Å². The monoisotopic (exact) mass is 378 g/mol. The molecule has 2 heterocycles. The number of likely N-dealkylation sites (tertiary alicyclic amines) is 1. The molecule has 0 aliphatic carbocycles. The molecule has 1 aliphatic rings. The van der Waals surface area contributed by atoms with Crippen molar-refractivity contribution in [1.82, 2.24) is 14.5 Å². The third-order valence-electron chi connectivity index (χ3n) is 5.43. The van der Waals surface area contributed by atoms with Gasteiger partial charge in [-0.1, -0.05) is 12.1 Å². The highest BCUT2D eigenvalue weighted by atomic mass is 16.5. The minimum Gasteiger partial charge on any atom is -0.496 e. The first-order valence-electron chi connectivity index (χ1n) is 9.78. The Balaban J connectivity index is 1.51. The van der Waals surface area contributed by atoms with Crippen molar-refractivity contribution in [1.29, 1.82) is 0 Å². The van der Waals surface area contributed by atoms with Crippen molar-refractivity contribution < 1.29 is 9.53 Å². The molecule has 1 saturated heterocycles. The van der Waals surface area contributed by atoms with Crippen molar-refractivity contribution in [3.63, 3.8) is 0 Å². The summed E-state index contributed by atoms with van der Waals surface area (Å²) < 4.78 is 7.43. The van der Waals surface area contributed by atoms with Gasteiger partial charge in [-0.25, -0.2) is 4.98 Å². The molecule has 0 unspecified atom stereocenters. The van der Waals surface area contributed by atoms with Crippen LogP contribution in [-0.2, 0) is 13.5 Å². The van der Waals surface area contributed by atoms with E-state index in [9.17, 15) is 4.79 Å². The number of aryl methyl sites for hydroxylation is 1. The largest absolute Gasteiger partial charge is 0.496 e. The summed E-state index contributed by atoms with van der Waals surface area (Å²) in [5.41, 5.74) is 3.22. The van der Waals surface area contributed by atoms with E-state index in [0.717, 1.165) is 35.5 Å². The van der Waals surface area contributed by atoms with Crippen LogP contribution in [0, 0.1) is 0 Å². The number of rotatable bonds is 6. The fourth-order valence-corrected chi connectivity index (χ4v) is 3.85. The average molecular weight is 378 g/mol. The summed E-state index contributed by atoms with van der Waals surface area (Å²) >= 11 is 0. The lowest BCUT2D eigenvalue weighted by molar-refractivity contribution is 0.102. The van der Waals surface area contributed by atoms with Crippen molar-refractivity contribution >= 4 is 22.6 Å². The van der Waals surface area contributed by atoms with Crippen molar-refractivity contribution in [3.05, 3.63) is 53.9 Å². The molecule has 0 bridgehead atoms. The van der Waals surface area contributed by atoms with Crippen molar-refractivity contribution in [2.75, 3.05) is 32.1 Å². The van der Waals surface area contributed by atoms with E-state index in [4.69, 9.17) is 9.72 Å². The Morgan fingerprint density at radius 1 is 1.18 bits per heavy atom. The average Bonchev–Trinajstić information content (AvgIpc) is 3.34. The van der Waals surface area contributed by atoms with E-state index in [1.54, 1.807) is 19.2 Å². The number of hydrogen-bond acceptors (Lipinski definition) is 4. The van der Waals surface area contributed by atoms with Gasteiger partial charge in [0.2, 0.25) is 0 Å². The van der Waals surface area contributed by atoms with E-state index >= 15 is 0 Å². The topological polar surface area (TPSA) is 59.4 Å². The van der Waals surface area contributed by atoms with Gasteiger partial charge in [0.25, 0.3) is 5.91 Å². The second-order valence-corrected chi connectivity index (χ2v) is 7.24. The van der Waals surface area contributed by atoms with E-state index in [1.807, 2.05) is 30.3 Å². The zero-order valence-corrected chi connectivity index (χ0v) is 16.4. The van der Waals surface area contributed by atoms with E-state index in [-0.39, 0.29) is 5.91 Å².